The van der Waals surface area contributed by atoms with Crippen molar-refractivity contribution in [3.05, 3.63) is 89.1 Å². The van der Waals surface area contributed by atoms with E-state index in [0.29, 0.717) is 39.1 Å². The molecule has 8 heteroatoms. The summed E-state index contributed by atoms with van der Waals surface area (Å²) < 4.78 is 6.75. The number of aliphatic imine (C=N–C) groups is 1. The molecule has 0 amide bonds. The Morgan fingerprint density at radius 3 is 2.53 bits per heavy atom. The summed E-state index contributed by atoms with van der Waals surface area (Å²) in [5, 5.41) is 1.18. The van der Waals surface area contributed by atoms with E-state index in [1.165, 1.54) is 16.7 Å². The Labute approximate surface area is 169 Å². The van der Waals surface area contributed by atoms with Crippen molar-refractivity contribution in [3.63, 3.8) is 0 Å². The summed E-state index contributed by atoms with van der Waals surface area (Å²) in [5.41, 5.74) is 13.5. The Bertz CT molecular complexity index is 1530. The van der Waals surface area contributed by atoms with Gasteiger partial charge in [-0.25, -0.2) is 14.4 Å². The van der Waals surface area contributed by atoms with Gasteiger partial charge in [-0.2, -0.15) is 4.98 Å². The van der Waals surface area contributed by atoms with E-state index in [2.05, 4.69) is 15.0 Å². The minimum absolute atomic E-state index is 0.147. The molecule has 0 atom stereocenters. The molecular weight excluding hydrogens is 380 g/mol. The lowest BCUT2D eigenvalue weighted by Gasteiger charge is -2.09. The van der Waals surface area contributed by atoms with Crippen LogP contribution in [0.2, 0.25) is 0 Å². The molecule has 0 bridgehead atoms. The van der Waals surface area contributed by atoms with E-state index in [9.17, 15) is 4.79 Å². The monoisotopic (exact) mass is 396 g/mol. The first kappa shape index (κ1) is 17.6. The van der Waals surface area contributed by atoms with Crippen LogP contribution in [0.4, 0.5) is 5.82 Å². The molecule has 0 unspecified atom stereocenters. The van der Waals surface area contributed by atoms with Gasteiger partial charge in [-0.1, -0.05) is 24.3 Å². The molecule has 5 aromatic rings. The maximum absolute atomic E-state index is 13.1. The summed E-state index contributed by atoms with van der Waals surface area (Å²) in [5.74, 6) is 1.22. The van der Waals surface area contributed by atoms with Crippen molar-refractivity contribution in [2.75, 3.05) is 0 Å². The van der Waals surface area contributed by atoms with Gasteiger partial charge in [0.25, 0.3) is 5.56 Å². The molecule has 0 fully saturated rings. The fraction of sp³-hybridized carbons (Fsp3) is 0. The van der Waals surface area contributed by atoms with Crippen molar-refractivity contribution in [2.45, 2.75) is 0 Å². The van der Waals surface area contributed by atoms with Gasteiger partial charge in [0.05, 0.1) is 28.4 Å². The highest BCUT2D eigenvalue weighted by atomic mass is 16.3. The van der Waals surface area contributed by atoms with Crippen LogP contribution in [0.25, 0.3) is 33.3 Å². The minimum atomic E-state index is -0.190. The second kappa shape index (κ2) is 6.85. The molecule has 3 aromatic heterocycles. The molecule has 0 radical (unpaired) electrons. The Morgan fingerprint density at radius 1 is 0.967 bits per heavy atom. The van der Waals surface area contributed by atoms with Crippen molar-refractivity contribution < 1.29 is 4.42 Å². The van der Waals surface area contributed by atoms with Crippen LogP contribution >= 0.6 is 0 Å². The third-order valence-electron chi connectivity index (χ3n) is 4.69. The first-order valence-corrected chi connectivity index (χ1v) is 9.17. The Hall–Kier alpha value is -4.46. The van der Waals surface area contributed by atoms with Crippen molar-refractivity contribution in [1.29, 1.82) is 0 Å². The van der Waals surface area contributed by atoms with Crippen LogP contribution in [-0.4, -0.2) is 20.2 Å². The molecule has 5 rings (SSSR count). The molecule has 0 aliphatic heterocycles. The molecule has 4 N–H and O–H groups in total. The van der Waals surface area contributed by atoms with E-state index < -0.39 is 0 Å². The largest absolute Gasteiger partial charge is 0.463 e. The molecule has 146 valence electrons. The van der Waals surface area contributed by atoms with E-state index in [-0.39, 0.29) is 17.2 Å². The van der Waals surface area contributed by atoms with Crippen LogP contribution in [0.5, 0.6) is 0 Å². The first-order valence-electron chi connectivity index (χ1n) is 9.17. The maximum atomic E-state index is 13.1. The van der Waals surface area contributed by atoms with Crippen LogP contribution < -0.4 is 17.0 Å². The summed E-state index contributed by atoms with van der Waals surface area (Å²) in [6.45, 7) is 0. The average Bonchev–Trinajstić information content (AvgIpc) is 3.29. The molecule has 3 heterocycles. The van der Waals surface area contributed by atoms with Gasteiger partial charge in [0.15, 0.2) is 5.82 Å². The fourth-order valence-electron chi connectivity index (χ4n) is 3.34. The van der Waals surface area contributed by atoms with E-state index in [4.69, 9.17) is 15.9 Å². The summed E-state index contributed by atoms with van der Waals surface area (Å²) in [4.78, 5) is 26.6. The smallest absolute Gasteiger partial charge is 0.267 e. The van der Waals surface area contributed by atoms with E-state index in [1.807, 2.05) is 36.4 Å². The number of fused-ring (bicyclic) bond motifs is 4. The quantitative estimate of drug-likeness (QED) is 0.209. The van der Waals surface area contributed by atoms with E-state index in [1.54, 1.807) is 24.3 Å². The molecule has 0 saturated heterocycles. The number of rotatable bonds is 3. The first-order chi connectivity index (χ1) is 14.6. The number of hydrogen-bond donors (Lipinski definition) is 2. The SMILES string of the molecule is NC(=CC(N)=Nc1nc2nc3ccccc3c(=O)n2c2ccccc12)c1ccco1. The second-order valence-electron chi connectivity index (χ2n) is 6.64. The molecular formula is C22H16N6O2. The van der Waals surface area contributed by atoms with Gasteiger partial charge >= 0.3 is 0 Å². The average molecular weight is 396 g/mol. The van der Waals surface area contributed by atoms with Gasteiger partial charge in [-0.05, 0) is 36.4 Å². The summed E-state index contributed by atoms with van der Waals surface area (Å²) in [6.07, 6.45) is 3.02. The third-order valence-corrected chi connectivity index (χ3v) is 4.69. The number of nitrogens with two attached hydrogens (primary N) is 2. The zero-order chi connectivity index (χ0) is 20.7. The van der Waals surface area contributed by atoms with E-state index in [0.717, 1.165) is 0 Å². The molecule has 0 aliphatic rings. The topological polar surface area (TPSA) is 125 Å². The number of benzene rings is 2. The van der Waals surface area contributed by atoms with Crippen LogP contribution in [-0.2, 0) is 0 Å². The van der Waals surface area contributed by atoms with Crippen molar-refractivity contribution >= 4 is 44.9 Å². The summed E-state index contributed by atoms with van der Waals surface area (Å²) >= 11 is 0. The van der Waals surface area contributed by atoms with Crippen LogP contribution in [0.1, 0.15) is 5.76 Å². The summed E-state index contributed by atoms with van der Waals surface area (Å²) in [7, 11) is 0. The summed E-state index contributed by atoms with van der Waals surface area (Å²) in [6, 6.07) is 18.0. The maximum Gasteiger partial charge on any atom is 0.267 e. The molecule has 8 nitrogen and oxygen atoms in total. The van der Waals surface area contributed by atoms with Crippen molar-refractivity contribution in [3.8, 4) is 0 Å². The van der Waals surface area contributed by atoms with Gasteiger partial charge in [0, 0.05) is 11.5 Å². The predicted molar refractivity (Wildman–Crippen MR) is 116 cm³/mol. The Balaban J connectivity index is 1.77. The molecule has 30 heavy (non-hydrogen) atoms. The normalized spacial score (nSPS) is 12.8. The Morgan fingerprint density at radius 2 is 1.73 bits per heavy atom. The third kappa shape index (κ3) is 2.87. The highest BCUT2D eigenvalue weighted by Gasteiger charge is 2.13. The Kier molecular flexibility index (Phi) is 4.03. The second-order valence-corrected chi connectivity index (χ2v) is 6.64. The lowest BCUT2D eigenvalue weighted by molar-refractivity contribution is 0.552. The van der Waals surface area contributed by atoms with Gasteiger partial charge in [-0.15, -0.1) is 0 Å². The number of aromatic nitrogens is 3. The predicted octanol–water partition coefficient (Wildman–Crippen LogP) is 2.98. The standard InChI is InChI=1S/C22H16N6O2/c23-15(18-10-5-11-30-18)12-19(24)26-20-14-7-2-4-9-17(14)28-21(29)13-6-1-3-8-16(13)25-22(28)27-20/h1-12H,23H2,(H2,24,25,26,27). The number of furan rings is 1. The number of nitrogens with zero attached hydrogens (tertiary/aromatic N) is 4. The van der Waals surface area contributed by atoms with Crippen LogP contribution in [0.15, 0.2) is 87.2 Å². The fourth-order valence-corrected chi connectivity index (χ4v) is 3.34. The van der Waals surface area contributed by atoms with E-state index >= 15 is 0 Å². The van der Waals surface area contributed by atoms with Gasteiger partial charge in [-0.3, -0.25) is 4.79 Å². The molecule has 0 spiro atoms. The number of amidine groups is 1. The van der Waals surface area contributed by atoms with Gasteiger partial charge < -0.3 is 15.9 Å². The van der Waals surface area contributed by atoms with Crippen molar-refractivity contribution in [1.82, 2.24) is 14.4 Å². The highest BCUT2D eigenvalue weighted by molar-refractivity contribution is 6.01. The zero-order valence-electron chi connectivity index (χ0n) is 15.7. The number of para-hydroxylation sites is 2. The van der Waals surface area contributed by atoms with Crippen LogP contribution in [0, 0.1) is 0 Å². The lowest BCUT2D eigenvalue weighted by atomic mass is 10.2. The minimum Gasteiger partial charge on any atom is -0.463 e. The van der Waals surface area contributed by atoms with Crippen LogP contribution in [0.3, 0.4) is 0 Å². The zero-order valence-corrected chi connectivity index (χ0v) is 15.7. The lowest BCUT2D eigenvalue weighted by Crippen LogP contribution is -2.17. The molecule has 0 saturated carbocycles. The van der Waals surface area contributed by atoms with Crippen molar-refractivity contribution in [2.24, 2.45) is 16.5 Å². The molecule has 2 aromatic carbocycles. The van der Waals surface area contributed by atoms with Gasteiger partial charge in [0.2, 0.25) is 5.78 Å². The highest BCUT2D eigenvalue weighted by Crippen LogP contribution is 2.25. The number of hydrogen-bond acceptors (Lipinski definition) is 6. The van der Waals surface area contributed by atoms with Gasteiger partial charge in [0.1, 0.15) is 11.6 Å². The molecule has 0 aliphatic carbocycles.